The number of carbonyl (C=O) groups is 1. The maximum absolute atomic E-state index is 11.0. The van der Waals surface area contributed by atoms with Crippen LogP contribution in [0.25, 0.3) is 10.2 Å². The Morgan fingerprint density at radius 2 is 2.30 bits per heavy atom. The van der Waals surface area contributed by atoms with Crippen LogP contribution in [0.5, 0.6) is 0 Å². The van der Waals surface area contributed by atoms with Gasteiger partial charge in [-0.3, -0.25) is 4.79 Å². The highest BCUT2D eigenvalue weighted by Crippen LogP contribution is 2.31. The topological polar surface area (TPSA) is 67.8 Å². The molecule has 3 aromatic rings. The number of rotatable bonds is 4. The lowest BCUT2D eigenvalue weighted by atomic mass is 10.5. The summed E-state index contributed by atoms with van der Waals surface area (Å²) in [7, 11) is 0. The van der Waals surface area contributed by atoms with Crippen molar-refractivity contribution >= 4 is 55.7 Å². The first-order valence-corrected chi connectivity index (χ1v) is 8.50. The molecule has 5 nitrogen and oxygen atoms in total. The first-order valence-electron chi connectivity index (χ1n) is 5.75. The molecule has 0 radical (unpaired) electrons. The number of aromatic nitrogens is 3. The maximum atomic E-state index is 11.0. The number of nitrogens with one attached hydrogen (secondary N) is 1. The molecule has 0 spiro atoms. The monoisotopic (exact) mass is 322 g/mol. The molecule has 1 amide bonds. The van der Waals surface area contributed by atoms with Gasteiger partial charge in [-0.1, -0.05) is 11.8 Å². The van der Waals surface area contributed by atoms with Crippen molar-refractivity contribution in [3.63, 3.8) is 0 Å². The molecule has 0 aliphatic carbocycles. The van der Waals surface area contributed by atoms with E-state index in [2.05, 4.69) is 20.3 Å². The third-order valence-electron chi connectivity index (χ3n) is 2.40. The van der Waals surface area contributed by atoms with E-state index >= 15 is 0 Å². The number of thioether (sulfide) groups is 1. The average molecular weight is 322 g/mol. The van der Waals surface area contributed by atoms with Gasteiger partial charge in [0.05, 0.1) is 15.9 Å². The van der Waals surface area contributed by atoms with Crippen molar-refractivity contribution in [3.05, 3.63) is 28.8 Å². The second-order valence-corrected chi connectivity index (χ2v) is 6.67. The molecule has 0 aliphatic heterocycles. The standard InChI is InChI=1S/C12H10N4OS3/c1-7(17)15-12-16-8(5-20-12)4-19-11-10-9(2-3-18-10)13-6-14-11/h2-3,5-6H,4H2,1H3,(H,15,16,17). The Balaban J connectivity index is 1.71. The smallest absolute Gasteiger partial charge is 0.223 e. The molecular formula is C12H10N4OS3. The molecule has 0 aromatic carbocycles. The molecule has 0 unspecified atom stereocenters. The fourth-order valence-electron chi connectivity index (χ4n) is 1.59. The van der Waals surface area contributed by atoms with E-state index in [9.17, 15) is 4.79 Å². The molecule has 0 bridgehead atoms. The van der Waals surface area contributed by atoms with E-state index in [0.717, 1.165) is 26.7 Å². The zero-order chi connectivity index (χ0) is 13.9. The number of thiophene rings is 1. The van der Waals surface area contributed by atoms with Crippen LogP contribution >= 0.6 is 34.4 Å². The molecule has 3 aromatic heterocycles. The summed E-state index contributed by atoms with van der Waals surface area (Å²) in [6, 6.07) is 1.99. The van der Waals surface area contributed by atoms with Gasteiger partial charge in [-0.25, -0.2) is 15.0 Å². The number of thiazole rings is 1. The highest BCUT2D eigenvalue weighted by Gasteiger charge is 2.08. The van der Waals surface area contributed by atoms with Gasteiger partial charge in [0.15, 0.2) is 5.13 Å². The minimum atomic E-state index is -0.102. The van der Waals surface area contributed by atoms with Gasteiger partial charge in [-0.2, -0.15) is 0 Å². The number of amides is 1. The number of hydrogen-bond acceptors (Lipinski definition) is 7. The molecule has 0 saturated carbocycles. The zero-order valence-electron chi connectivity index (χ0n) is 10.5. The van der Waals surface area contributed by atoms with Crippen LogP contribution in [0.1, 0.15) is 12.6 Å². The van der Waals surface area contributed by atoms with Crippen LogP contribution in [0.4, 0.5) is 5.13 Å². The van der Waals surface area contributed by atoms with Crippen molar-refractivity contribution < 1.29 is 4.79 Å². The Labute approximate surface area is 127 Å². The van der Waals surface area contributed by atoms with Crippen LogP contribution in [0.3, 0.4) is 0 Å². The second-order valence-electron chi connectivity index (χ2n) is 3.93. The van der Waals surface area contributed by atoms with Crippen LogP contribution in [0.15, 0.2) is 28.2 Å². The summed E-state index contributed by atoms with van der Waals surface area (Å²) in [5, 5.41) is 8.26. The van der Waals surface area contributed by atoms with E-state index in [1.54, 1.807) is 29.4 Å². The summed E-state index contributed by atoms with van der Waals surface area (Å²) in [5.74, 6) is 0.620. The van der Waals surface area contributed by atoms with Crippen LogP contribution in [-0.4, -0.2) is 20.9 Å². The summed E-state index contributed by atoms with van der Waals surface area (Å²) in [6.45, 7) is 1.48. The zero-order valence-corrected chi connectivity index (χ0v) is 12.9. The third kappa shape index (κ3) is 2.97. The fourth-order valence-corrected chi connectivity index (χ4v) is 4.29. The van der Waals surface area contributed by atoms with Crippen molar-refractivity contribution in [1.29, 1.82) is 0 Å². The molecular weight excluding hydrogens is 312 g/mol. The number of hydrogen-bond donors (Lipinski definition) is 1. The minimum absolute atomic E-state index is 0.102. The summed E-state index contributed by atoms with van der Waals surface area (Å²) < 4.78 is 1.11. The number of carbonyl (C=O) groups excluding carboxylic acids is 1. The Morgan fingerprint density at radius 1 is 1.40 bits per heavy atom. The largest absolute Gasteiger partial charge is 0.302 e. The molecule has 0 fully saturated rings. The molecule has 3 rings (SSSR count). The minimum Gasteiger partial charge on any atom is -0.302 e. The van der Waals surface area contributed by atoms with Gasteiger partial charge in [-0.05, 0) is 11.4 Å². The average Bonchev–Trinajstić information content (AvgIpc) is 3.04. The van der Waals surface area contributed by atoms with E-state index in [1.807, 2.05) is 16.8 Å². The number of fused-ring (bicyclic) bond motifs is 1. The van der Waals surface area contributed by atoms with Gasteiger partial charge in [0.2, 0.25) is 5.91 Å². The van der Waals surface area contributed by atoms with Gasteiger partial charge < -0.3 is 5.32 Å². The third-order valence-corrected chi connectivity index (χ3v) is 5.27. The van der Waals surface area contributed by atoms with E-state index < -0.39 is 0 Å². The van der Waals surface area contributed by atoms with Gasteiger partial charge in [0.25, 0.3) is 0 Å². The Kier molecular flexibility index (Phi) is 3.95. The first-order chi connectivity index (χ1) is 9.72. The van der Waals surface area contributed by atoms with Crippen molar-refractivity contribution in [1.82, 2.24) is 15.0 Å². The lowest BCUT2D eigenvalue weighted by Gasteiger charge is -1.99. The van der Waals surface area contributed by atoms with Crippen LogP contribution in [-0.2, 0) is 10.5 Å². The summed E-state index contributed by atoms with van der Waals surface area (Å²) in [4.78, 5) is 23.8. The second kappa shape index (κ2) is 5.86. The number of anilines is 1. The highest BCUT2D eigenvalue weighted by atomic mass is 32.2. The lowest BCUT2D eigenvalue weighted by molar-refractivity contribution is -0.114. The Hall–Kier alpha value is -1.51. The number of nitrogens with zero attached hydrogens (tertiary/aromatic N) is 3. The summed E-state index contributed by atoms with van der Waals surface area (Å²) in [5.41, 5.74) is 1.91. The van der Waals surface area contributed by atoms with E-state index in [4.69, 9.17) is 0 Å². The predicted octanol–water partition coefficient (Wildman–Crippen LogP) is 3.40. The summed E-state index contributed by atoms with van der Waals surface area (Å²) >= 11 is 4.70. The molecule has 20 heavy (non-hydrogen) atoms. The highest BCUT2D eigenvalue weighted by molar-refractivity contribution is 7.98. The van der Waals surface area contributed by atoms with Gasteiger partial charge in [0.1, 0.15) is 11.4 Å². The van der Waals surface area contributed by atoms with Crippen LogP contribution < -0.4 is 5.32 Å². The maximum Gasteiger partial charge on any atom is 0.223 e. The van der Waals surface area contributed by atoms with E-state index in [1.165, 1.54) is 18.3 Å². The van der Waals surface area contributed by atoms with E-state index in [-0.39, 0.29) is 5.91 Å². The first kappa shape index (κ1) is 13.5. The molecule has 3 heterocycles. The molecule has 0 atom stereocenters. The lowest BCUT2D eigenvalue weighted by Crippen LogP contribution is -2.05. The Bertz CT molecular complexity index is 752. The molecule has 8 heteroatoms. The normalized spacial score (nSPS) is 10.8. The molecule has 102 valence electrons. The fraction of sp³-hybridized carbons (Fsp3) is 0.167. The molecule has 0 saturated heterocycles. The molecule has 0 aliphatic rings. The molecule has 1 N–H and O–H groups in total. The van der Waals surface area contributed by atoms with Crippen molar-refractivity contribution in [2.75, 3.05) is 5.32 Å². The van der Waals surface area contributed by atoms with Gasteiger partial charge in [0, 0.05) is 18.1 Å². The van der Waals surface area contributed by atoms with Gasteiger partial charge in [-0.15, -0.1) is 22.7 Å². The van der Waals surface area contributed by atoms with Crippen LogP contribution in [0.2, 0.25) is 0 Å². The van der Waals surface area contributed by atoms with Crippen molar-refractivity contribution in [2.24, 2.45) is 0 Å². The van der Waals surface area contributed by atoms with Crippen LogP contribution in [0, 0.1) is 0 Å². The predicted molar refractivity (Wildman–Crippen MR) is 83.4 cm³/mol. The van der Waals surface area contributed by atoms with Crippen molar-refractivity contribution in [3.8, 4) is 0 Å². The van der Waals surface area contributed by atoms with Gasteiger partial charge >= 0.3 is 0 Å². The Morgan fingerprint density at radius 3 is 3.15 bits per heavy atom. The summed E-state index contributed by atoms with van der Waals surface area (Å²) in [6.07, 6.45) is 1.58. The SMILES string of the molecule is CC(=O)Nc1nc(CSc2ncnc3ccsc23)cs1. The van der Waals surface area contributed by atoms with Crippen molar-refractivity contribution in [2.45, 2.75) is 17.7 Å². The quantitative estimate of drug-likeness (QED) is 0.589. The van der Waals surface area contributed by atoms with E-state index in [0.29, 0.717) is 5.13 Å².